The highest BCUT2D eigenvalue weighted by Gasteiger charge is 2.43. The van der Waals surface area contributed by atoms with E-state index in [1.165, 1.54) is 34.8 Å². The van der Waals surface area contributed by atoms with Gasteiger partial charge in [-0.3, -0.25) is 0 Å². The molecule has 0 spiro atoms. The van der Waals surface area contributed by atoms with Crippen LogP contribution in [0.1, 0.15) is 82.9 Å². The quantitative estimate of drug-likeness (QED) is 0.272. The lowest BCUT2D eigenvalue weighted by atomic mass is 9.58. The van der Waals surface area contributed by atoms with Crippen molar-refractivity contribution in [3.05, 3.63) is 102 Å². The van der Waals surface area contributed by atoms with E-state index >= 15 is 0 Å². The first-order chi connectivity index (χ1) is 16.6. The molecule has 0 aliphatic heterocycles. The summed E-state index contributed by atoms with van der Waals surface area (Å²) in [5, 5.41) is 1.23. The van der Waals surface area contributed by atoms with Crippen LogP contribution in [0, 0.1) is 16.7 Å². The zero-order chi connectivity index (χ0) is 26.1. The van der Waals surface area contributed by atoms with Crippen molar-refractivity contribution in [1.29, 1.82) is 0 Å². The van der Waals surface area contributed by atoms with Crippen molar-refractivity contribution in [2.24, 2.45) is 16.7 Å². The number of rotatable bonds is 9. The Bertz CT molecular complexity index is 977. The zero-order valence-electron chi connectivity index (χ0n) is 23.2. The molecule has 190 valence electrons. The Hall–Kier alpha value is -1.95. The maximum absolute atomic E-state index is 4.25. The van der Waals surface area contributed by atoms with Gasteiger partial charge >= 0.3 is 0 Å². The first-order valence-corrected chi connectivity index (χ1v) is 13.5. The van der Waals surface area contributed by atoms with Crippen molar-refractivity contribution < 1.29 is 4.74 Å². The van der Waals surface area contributed by atoms with Crippen LogP contribution in [-0.2, 0) is 4.74 Å². The van der Waals surface area contributed by atoms with E-state index < -0.39 is 0 Å². The van der Waals surface area contributed by atoms with Gasteiger partial charge in [-0.2, -0.15) is 0 Å². The molecule has 0 bridgehead atoms. The van der Waals surface area contributed by atoms with Crippen LogP contribution in [0.3, 0.4) is 0 Å². The first kappa shape index (κ1) is 29.3. The van der Waals surface area contributed by atoms with Crippen LogP contribution in [0.2, 0.25) is 0 Å². The van der Waals surface area contributed by atoms with E-state index in [9.17, 15) is 0 Å². The summed E-state index contributed by atoms with van der Waals surface area (Å²) in [5.74, 6) is 1.43. The molecule has 4 unspecified atom stereocenters. The Morgan fingerprint density at radius 3 is 1.60 bits per heavy atom. The van der Waals surface area contributed by atoms with Gasteiger partial charge in [-0.15, -0.1) is 9.24 Å². The molecular weight excluding hydrogens is 443 g/mol. The maximum atomic E-state index is 4.25. The van der Waals surface area contributed by atoms with Crippen LogP contribution in [0.5, 0.6) is 0 Å². The van der Waals surface area contributed by atoms with Crippen LogP contribution in [0.15, 0.2) is 84.9 Å². The molecular formula is C33H47OP. The third-order valence-corrected chi connectivity index (χ3v) is 8.31. The molecule has 3 rings (SSSR count). The fourth-order valence-corrected chi connectivity index (χ4v) is 5.55. The Morgan fingerprint density at radius 1 is 0.714 bits per heavy atom. The van der Waals surface area contributed by atoms with Crippen LogP contribution in [-0.4, -0.2) is 14.2 Å². The Morgan fingerprint density at radius 2 is 1.14 bits per heavy atom. The lowest BCUT2D eigenvalue weighted by Crippen LogP contribution is -2.35. The van der Waals surface area contributed by atoms with Crippen LogP contribution in [0.4, 0.5) is 0 Å². The molecule has 0 saturated heterocycles. The molecule has 0 aliphatic carbocycles. The van der Waals surface area contributed by atoms with Gasteiger partial charge in [-0.1, -0.05) is 133 Å². The summed E-state index contributed by atoms with van der Waals surface area (Å²) in [5.41, 5.74) is 4.54. The Balaban J connectivity index is 0.00000137. The highest BCUT2D eigenvalue weighted by Crippen LogP contribution is 2.54. The van der Waals surface area contributed by atoms with E-state index in [4.69, 9.17) is 0 Å². The van der Waals surface area contributed by atoms with Gasteiger partial charge in [0.15, 0.2) is 0 Å². The van der Waals surface area contributed by atoms with Crippen molar-refractivity contribution >= 4 is 14.5 Å². The molecule has 0 fully saturated rings. The average molecular weight is 491 g/mol. The molecule has 3 aromatic rings. The lowest BCUT2D eigenvalue weighted by Gasteiger charge is -2.46. The third-order valence-electron chi connectivity index (χ3n) is 7.92. The largest absolute Gasteiger partial charge is 0.388 e. The molecule has 0 N–H and O–H groups in total. The van der Waals surface area contributed by atoms with Crippen molar-refractivity contribution in [2.45, 2.75) is 66.2 Å². The molecule has 0 saturated carbocycles. The summed E-state index contributed by atoms with van der Waals surface area (Å²) in [7, 11) is 6.07. The van der Waals surface area contributed by atoms with Crippen molar-refractivity contribution in [3.8, 4) is 0 Å². The molecule has 0 heterocycles. The fourth-order valence-electron chi connectivity index (χ4n) is 5.36. The van der Waals surface area contributed by atoms with Gasteiger partial charge < -0.3 is 4.74 Å². The fraction of sp³-hybridized carbons (Fsp3) is 0.455. The average Bonchev–Trinajstić information content (AvgIpc) is 2.85. The Kier molecular flexibility index (Phi) is 11.2. The molecule has 35 heavy (non-hydrogen) atoms. The van der Waals surface area contributed by atoms with E-state index in [-0.39, 0.29) is 10.8 Å². The highest BCUT2D eigenvalue weighted by atomic mass is 31.0. The number of hydrogen-bond donors (Lipinski definition) is 0. The predicted molar refractivity (Wildman–Crippen MR) is 158 cm³/mol. The molecule has 1 nitrogen and oxygen atoms in total. The zero-order valence-corrected chi connectivity index (χ0v) is 24.4. The lowest BCUT2D eigenvalue weighted by molar-refractivity contribution is 0.131. The SMILES string of the molecule is CCC(C)C(C)(C)CC(c1ccccc1)C(C)(C)C(c1ccccc1)c1ccc(P)cc1.COC. The molecule has 2 heteroatoms. The van der Waals surface area contributed by atoms with Gasteiger partial charge in [0.25, 0.3) is 0 Å². The number of ether oxygens (including phenoxy) is 1. The number of hydrogen-bond acceptors (Lipinski definition) is 1. The number of methoxy groups -OCH3 is 1. The van der Waals surface area contributed by atoms with Crippen LogP contribution < -0.4 is 5.30 Å². The van der Waals surface area contributed by atoms with Crippen LogP contribution >= 0.6 is 9.24 Å². The van der Waals surface area contributed by atoms with Crippen molar-refractivity contribution in [1.82, 2.24) is 0 Å². The van der Waals surface area contributed by atoms with Gasteiger partial charge in [0, 0.05) is 20.1 Å². The highest BCUT2D eigenvalue weighted by molar-refractivity contribution is 7.27. The maximum Gasteiger partial charge on any atom is 0.0351 e. The van der Waals surface area contributed by atoms with Crippen molar-refractivity contribution in [3.63, 3.8) is 0 Å². The minimum atomic E-state index is 0.0236. The van der Waals surface area contributed by atoms with E-state index in [0.29, 0.717) is 17.8 Å². The molecule has 0 amide bonds. The van der Waals surface area contributed by atoms with E-state index in [2.05, 4.69) is 140 Å². The first-order valence-electron chi connectivity index (χ1n) is 12.9. The molecule has 0 radical (unpaired) electrons. The molecule has 4 atom stereocenters. The monoisotopic (exact) mass is 490 g/mol. The van der Waals surface area contributed by atoms with Gasteiger partial charge in [0.2, 0.25) is 0 Å². The predicted octanol–water partition coefficient (Wildman–Crippen LogP) is 8.85. The summed E-state index contributed by atoms with van der Waals surface area (Å²) in [6.07, 6.45) is 2.39. The van der Waals surface area contributed by atoms with Gasteiger partial charge in [0.1, 0.15) is 0 Å². The Labute approximate surface area is 217 Å². The summed E-state index contributed by atoms with van der Waals surface area (Å²) in [6, 6.07) is 31.4. The van der Waals surface area contributed by atoms with Crippen LogP contribution in [0.25, 0.3) is 0 Å². The summed E-state index contributed by atoms with van der Waals surface area (Å²) < 4.78 is 4.25. The topological polar surface area (TPSA) is 9.23 Å². The smallest absolute Gasteiger partial charge is 0.0351 e. The van der Waals surface area contributed by atoms with Gasteiger partial charge in [-0.25, -0.2) is 0 Å². The minimum absolute atomic E-state index is 0.0236. The van der Waals surface area contributed by atoms with Gasteiger partial charge in [0.05, 0.1) is 0 Å². The second-order valence-electron chi connectivity index (χ2n) is 11.2. The third kappa shape index (κ3) is 7.77. The van der Waals surface area contributed by atoms with Crippen molar-refractivity contribution in [2.75, 3.05) is 14.2 Å². The summed E-state index contributed by atoms with van der Waals surface area (Å²) >= 11 is 0. The van der Waals surface area contributed by atoms with E-state index in [0.717, 1.165) is 0 Å². The summed E-state index contributed by atoms with van der Waals surface area (Å²) in [4.78, 5) is 0. The molecule has 3 aromatic carbocycles. The van der Waals surface area contributed by atoms with E-state index in [1.807, 2.05) is 0 Å². The standard InChI is InChI=1S/C31H41P.C2H6O/c1-7-23(2)30(3,4)22-28(24-14-10-8-11-15-24)31(5,6)29(25-16-12-9-13-17-25)26-18-20-27(32)21-19-26;1-3-2/h8-21,23,28-29H,7,22,32H2,1-6H3;1-2H3. The molecule has 0 aromatic heterocycles. The number of benzene rings is 3. The normalized spacial score (nSPS) is 14.4. The van der Waals surface area contributed by atoms with E-state index in [1.54, 1.807) is 14.2 Å². The molecule has 0 aliphatic rings. The second-order valence-corrected chi connectivity index (χ2v) is 11.9. The minimum Gasteiger partial charge on any atom is -0.388 e. The second kappa shape index (κ2) is 13.4. The summed E-state index contributed by atoms with van der Waals surface area (Å²) in [6.45, 7) is 14.7. The van der Waals surface area contributed by atoms with Gasteiger partial charge in [-0.05, 0) is 51.1 Å².